The molecule has 0 amide bonds. The van der Waals surface area contributed by atoms with Gasteiger partial charge in [-0.2, -0.15) is 0 Å². The maximum absolute atomic E-state index is 12.5. The summed E-state index contributed by atoms with van der Waals surface area (Å²) in [6, 6.07) is 7.25. The zero-order valence-electron chi connectivity index (χ0n) is 9.91. The van der Waals surface area contributed by atoms with Crippen LogP contribution in [0.3, 0.4) is 0 Å². The highest BCUT2D eigenvalue weighted by Gasteiger charge is 2.23. The molecule has 0 radical (unpaired) electrons. The molecule has 0 N–H and O–H groups in total. The van der Waals surface area contributed by atoms with Gasteiger partial charge in [0.2, 0.25) is 0 Å². The molecule has 3 rings (SSSR count). The topological polar surface area (TPSA) is 26.3 Å². The molecule has 98 valence electrons. The lowest BCUT2D eigenvalue weighted by Crippen LogP contribution is -2.13. The van der Waals surface area contributed by atoms with Gasteiger partial charge in [-0.05, 0) is 30.5 Å². The van der Waals surface area contributed by atoms with Crippen molar-refractivity contribution in [2.24, 2.45) is 0 Å². The second-order valence-electron chi connectivity index (χ2n) is 4.31. The molecule has 2 aromatic rings. The van der Waals surface area contributed by atoms with Crippen LogP contribution in [-0.4, -0.2) is 12.4 Å². The molecule has 1 aromatic heterocycles. The van der Waals surface area contributed by atoms with Crippen LogP contribution >= 0.6 is 34.5 Å². The van der Waals surface area contributed by atoms with E-state index in [1.54, 1.807) is 12.1 Å². The summed E-state index contributed by atoms with van der Waals surface area (Å²) >= 11 is 13.1. The molecular weight excluding hydrogens is 303 g/mol. The van der Waals surface area contributed by atoms with Crippen molar-refractivity contribution in [2.45, 2.75) is 12.8 Å². The van der Waals surface area contributed by atoms with Gasteiger partial charge < -0.3 is 4.74 Å². The zero-order chi connectivity index (χ0) is 13.4. The van der Waals surface area contributed by atoms with E-state index < -0.39 is 0 Å². The average Bonchev–Trinajstić information content (AvgIpc) is 2.76. The van der Waals surface area contributed by atoms with Crippen molar-refractivity contribution in [2.75, 3.05) is 6.61 Å². The van der Waals surface area contributed by atoms with E-state index in [0.717, 1.165) is 18.4 Å². The normalized spacial score (nSPS) is 13.8. The van der Waals surface area contributed by atoms with E-state index in [2.05, 4.69) is 0 Å². The van der Waals surface area contributed by atoms with E-state index in [9.17, 15) is 4.79 Å². The van der Waals surface area contributed by atoms with Crippen molar-refractivity contribution < 1.29 is 9.53 Å². The number of carbonyl (C=O) groups excluding carboxylic acids is 1. The SMILES string of the molecule is O=C(c1cc(Cl)sc1Cl)c1cccc2c1OCCC2. The molecule has 0 unspecified atom stereocenters. The van der Waals surface area contributed by atoms with Crippen molar-refractivity contribution in [1.29, 1.82) is 0 Å². The van der Waals surface area contributed by atoms with E-state index >= 15 is 0 Å². The lowest BCUT2D eigenvalue weighted by atomic mass is 9.98. The number of rotatable bonds is 2. The molecule has 0 saturated heterocycles. The summed E-state index contributed by atoms with van der Waals surface area (Å²) in [6.45, 7) is 0.648. The molecule has 0 aliphatic carbocycles. The summed E-state index contributed by atoms with van der Waals surface area (Å²) in [5.41, 5.74) is 2.09. The summed E-state index contributed by atoms with van der Waals surface area (Å²) in [5.74, 6) is 0.559. The molecule has 19 heavy (non-hydrogen) atoms. The van der Waals surface area contributed by atoms with Crippen LogP contribution in [0.5, 0.6) is 5.75 Å². The van der Waals surface area contributed by atoms with Crippen LogP contribution in [0, 0.1) is 0 Å². The summed E-state index contributed by atoms with van der Waals surface area (Å²) in [4.78, 5) is 12.5. The monoisotopic (exact) mass is 312 g/mol. The van der Waals surface area contributed by atoms with Crippen LogP contribution in [0.15, 0.2) is 24.3 Å². The van der Waals surface area contributed by atoms with Crippen LogP contribution in [-0.2, 0) is 6.42 Å². The smallest absolute Gasteiger partial charge is 0.199 e. The number of aryl methyl sites for hydroxylation is 1. The van der Waals surface area contributed by atoms with Gasteiger partial charge in [-0.25, -0.2) is 0 Å². The number of hydrogen-bond acceptors (Lipinski definition) is 3. The molecule has 2 nitrogen and oxygen atoms in total. The number of ether oxygens (including phenoxy) is 1. The molecule has 0 atom stereocenters. The van der Waals surface area contributed by atoms with Gasteiger partial charge in [0.1, 0.15) is 10.1 Å². The Labute approximate surface area is 124 Å². The predicted molar refractivity (Wildman–Crippen MR) is 78.0 cm³/mol. The summed E-state index contributed by atoms with van der Waals surface area (Å²) in [7, 11) is 0. The van der Waals surface area contributed by atoms with Gasteiger partial charge in [0.05, 0.1) is 22.1 Å². The summed E-state index contributed by atoms with van der Waals surface area (Å²) in [5, 5.41) is 0. The molecular formula is C14H10Cl2O2S. The molecule has 0 fully saturated rings. The second kappa shape index (κ2) is 5.16. The Morgan fingerprint density at radius 2 is 2.11 bits per heavy atom. The van der Waals surface area contributed by atoms with Gasteiger partial charge in [0.15, 0.2) is 5.78 Å². The first-order valence-corrected chi connectivity index (χ1v) is 7.48. The quantitative estimate of drug-likeness (QED) is 0.757. The minimum atomic E-state index is -0.132. The fourth-order valence-corrected chi connectivity index (χ4v) is 3.67. The van der Waals surface area contributed by atoms with Gasteiger partial charge in [0.25, 0.3) is 0 Å². The number of fused-ring (bicyclic) bond motifs is 1. The van der Waals surface area contributed by atoms with Crippen LogP contribution < -0.4 is 4.74 Å². The number of para-hydroxylation sites is 1. The van der Waals surface area contributed by atoms with Gasteiger partial charge in [-0.3, -0.25) is 4.79 Å². The largest absolute Gasteiger partial charge is 0.493 e. The third-order valence-electron chi connectivity index (χ3n) is 3.08. The van der Waals surface area contributed by atoms with E-state index in [0.29, 0.717) is 32.2 Å². The minimum Gasteiger partial charge on any atom is -0.493 e. The Kier molecular flexibility index (Phi) is 3.52. The number of ketones is 1. The number of benzene rings is 1. The third-order valence-corrected chi connectivity index (χ3v) is 4.57. The van der Waals surface area contributed by atoms with Gasteiger partial charge in [-0.1, -0.05) is 35.3 Å². The number of carbonyl (C=O) groups is 1. The van der Waals surface area contributed by atoms with Crippen LogP contribution in [0.4, 0.5) is 0 Å². The number of thiophene rings is 1. The van der Waals surface area contributed by atoms with Crippen molar-refractivity contribution in [3.8, 4) is 5.75 Å². The Morgan fingerprint density at radius 3 is 2.84 bits per heavy atom. The van der Waals surface area contributed by atoms with E-state index in [4.69, 9.17) is 27.9 Å². The zero-order valence-corrected chi connectivity index (χ0v) is 12.2. The van der Waals surface area contributed by atoms with Crippen LogP contribution in [0.1, 0.15) is 27.9 Å². The molecule has 2 heterocycles. The molecule has 5 heteroatoms. The molecule has 1 aromatic carbocycles. The first kappa shape index (κ1) is 13.0. The predicted octanol–water partition coefficient (Wildman–Crippen LogP) is 4.61. The highest BCUT2D eigenvalue weighted by molar-refractivity contribution is 7.20. The van der Waals surface area contributed by atoms with E-state index in [1.165, 1.54) is 11.3 Å². The van der Waals surface area contributed by atoms with Crippen molar-refractivity contribution in [3.05, 3.63) is 49.6 Å². The molecule has 1 aliphatic rings. The standard InChI is InChI=1S/C14H10Cl2O2S/c15-11-7-10(14(16)19-11)12(17)9-5-1-3-8-4-2-6-18-13(8)9/h1,3,5,7H,2,4,6H2. The third kappa shape index (κ3) is 2.38. The highest BCUT2D eigenvalue weighted by Crippen LogP contribution is 2.36. The van der Waals surface area contributed by atoms with E-state index in [-0.39, 0.29) is 5.78 Å². The first-order valence-electron chi connectivity index (χ1n) is 5.91. The molecule has 0 saturated carbocycles. The Bertz CT molecular complexity index is 649. The Balaban J connectivity index is 2.07. The second-order valence-corrected chi connectivity index (χ2v) is 6.60. The van der Waals surface area contributed by atoms with Gasteiger partial charge in [0, 0.05) is 0 Å². The maximum atomic E-state index is 12.5. The summed E-state index contributed by atoms with van der Waals surface area (Å²) in [6.07, 6.45) is 1.92. The molecule has 1 aliphatic heterocycles. The molecule has 0 bridgehead atoms. The minimum absolute atomic E-state index is 0.132. The number of halogens is 2. The fraction of sp³-hybridized carbons (Fsp3) is 0.214. The van der Waals surface area contributed by atoms with Crippen molar-refractivity contribution in [1.82, 2.24) is 0 Å². The molecule has 0 spiro atoms. The summed E-state index contributed by atoms with van der Waals surface area (Å²) < 4.78 is 6.58. The fourth-order valence-electron chi connectivity index (χ4n) is 2.21. The van der Waals surface area contributed by atoms with E-state index in [1.807, 2.05) is 12.1 Å². The number of hydrogen-bond donors (Lipinski definition) is 0. The van der Waals surface area contributed by atoms with Crippen molar-refractivity contribution >= 4 is 40.3 Å². The first-order chi connectivity index (χ1) is 9.16. The van der Waals surface area contributed by atoms with Crippen molar-refractivity contribution in [3.63, 3.8) is 0 Å². The van der Waals surface area contributed by atoms with Crippen LogP contribution in [0.25, 0.3) is 0 Å². The Hall–Kier alpha value is -1.03. The lowest BCUT2D eigenvalue weighted by Gasteiger charge is -2.19. The van der Waals surface area contributed by atoms with Crippen LogP contribution in [0.2, 0.25) is 8.67 Å². The lowest BCUT2D eigenvalue weighted by molar-refractivity contribution is 0.103. The average molecular weight is 313 g/mol. The van der Waals surface area contributed by atoms with Gasteiger partial charge >= 0.3 is 0 Å². The Morgan fingerprint density at radius 1 is 1.26 bits per heavy atom. The highest BCUT2D eigenvalue weighted by atomic mass is 35.5. The van der Waals surface area contributed by atoms with Gasteiger partial charge in [-0.15, -0.1) is 11.3 Å². The maximum Gasteiger partial charge on any atom is 0.199 e.